The van der Waals surface area contributed by atoms with Crippen LogP contribution in [0.2, 0.25) is 0 Å². The Balaban J connectivity index is 2.43. The second-order valence-electron chi connectivity index (χ2n) is 5.41. The Morgan fingerprint density at radius 1 is 1.31 bits per heavy atom. The number of aromatic carboxylic acids is 1. The van der Waals surface area contributed by atoms with Gasteiger partial charge < -0.3 is 5.11 Å². The zero-order chi connectivity index (χ0) is 19.1. The molecule has 26 heavy (non-hydrogen) atoms. The highest BCUT2D eigenvalue weighted by atomic mass is 19.4. The maximum atomic E-state index is 13.0. The lowest BCUT2D eigenvalue weighted by Gasteiger charge is -2.14. The van der Waals surface area contributed by atoms with E-state index in [9.17, 15) is 23.1 Å². The highest BCUT2D eigenvalue weighted by Gasteiger charge is 2.36. The number of aromatic nitrogens is 2. The van der Waals surface area contributed by atoms with E-state index in [0.29, 0.717) is 27.1 Å². The van der Waals surface area contributed by atoms with E-state index >= 15 is 0 Å². The number of nitrogens with zero attached hydrogens (tertiary/aromatic N) is 5. The molecule has 0 spiro atoms. The van der Waals surface area contributed by atoms with Gasteiger partial charge >= 0.3 is 12.1 Å². The molecule has 0 bridgehead atoms. The molecule has 132 valence electrons. The summed E-state index contributed by atoms with van der Waals surface area (Å²) in [6, 6.07) is 8.86. The summed E-state index contributed by atoms with van der Waals surface area (Å²) in [7, 11) is 0. The molecule has 0 aliphatic rings. The standard InChI is InChI=1S/C16H10F3N5O2/c1-8-10-5-3-2-4-9(10)6-11(21-23-20)14(8)24-12(15(25)26)7-13(22-24)16(17,18)19/h2-7H,1H3,(H,25,26). The lowest BCUT2D eigenvalue weighted by atomic mass is 10.0. The van der Waals surface area contributed by atoms with E-state index in [1.807, 2.05) is 0 Å². The average molecular weight is 361 g/mol. The Morgan fingerprint density at radius 3 is 2.62 bits per heavy atom. The van der Waals surface area contributed by atoms with Crippen LogP contribution >= 0.6 is 0 Å². The van der Waals surface area contributed by atoms with Crippen molar-refractivity contribution in [3.8, 4) is 5.69 Å². The van der Waals surface area contributed by atoms with Crippen LogP contribution in [0.5, 0.6) is 0 Å². The topological polar surface area (TPSA) is 104 Å². The van der Waals surface area contributed by atoms with Gasteiger partial charge in [0.1, 0.15) is 0 Å². The third kappa shape index (κ3) is 2.82. The summed E-state index contributed by atoms with van der Waals surface area (Å²) in [6.07, 6.45) is -4.82. The largest absolute Gasteiger partial charge is 0.477 e. The van der Waals surface area contributed by atoms with Crippen LogP contribution in [0.4, 0.5) is 18.9 Å². The Bertz CT molecular complexity index is 1080. The van der Waals surface area contributed by atoms with Crippen LogP contribution in [0.25, 0.3) is 26.9 Å². The first-order chi connectivity index (χ1) is 12.2. The van der Waals surface area contributed by atoms with Crippen LogP contribution < -0.4 is 0 Å². The summed E-state index contributed by atoms with van der Waals surface area (Å²) in [4.78, 5) is 14.1. The van der Waals surface area contributed by atoms with E-state index in [-0.39, 0.29) is 11.4 Å². The molecule has 3 aromatic rings. The SMILES string of the molecule is Cc1c(-n2nc(C(F)(F)F)cc2C(=O)O)c(N=[N+]=[N-])cc2ccccc12. The molecule has 1 aromatic heterocycles. The van der Waals surface area contributed by atoms with Gasteiger partial charge in [0.25, 0.3) is 0 Å². The second kappa shape index (κ2) is 6.08. The van der Waals surface area contributed by atoms with Gasteiger partial charge in [0, 0.05) is 11.0 Å². The number of carboxylic acid groups (broad SMARTS) is 1. The normalized spacial score (nSPS) is 11.4. The molecule has 3 rings (SSSR count). The van der Waals surface area contributed by atoms with Crippen molar-refractivity contribution in [2.75, 3.05) is 0 Å². The highest BCUT2D eigenvalue weighted by Crippen LogP contribution is 2.36. The Kier molecular flexibility index (Phi) is 4.05. The van der Waals surface area contributed by atoms with E-state index in [2.05, 4.69) is 15.1 Å². The first-order valence-electron chi connectivity index (χ1n) is 7.22. The third-order valence-electron chi connectivity index (χ3n) is 3.84. The van der Waals surface area contributed by atoms with Gasteiger partial charge in [0.15, 0.2) is 11.4 Å². The van der Waals surface area contributed by atoms with E-state index in [1.165, 1.54) is 6.07 Å². The van der Waals surface area contributed by atoms with E-state index in [1.54, 1.807) is 31.2 Å². The van der Waals surface area contributed by atoms with Crippen LogP contribution in [0, 0.1) is 6.92 Å². The molecule has 1 N–H and O–H groups in total. The number of rotatable bonds is 3. The lowest BCUT2D eigenvalue weighted by Crippen LogP contribution is -2.11. The van der Waals surface area contributed by atoms with E-state index in [4.69, 9.17) is 5.53 Å². The molecule has 0 saturated carbocycles. The van der Waals surface area contributed by atoms with Crippen LogP contribution in [0.3, 0.4) is 0 Å². The molecule has 0 unspecified atom stereocenters. The van der Waals surface area contributed by atoms with Crippen molar-refractivity contribution in [1.82, 2.24) is 9.78 Å². The zero-order valence-corrected chi connectivity index (χ0v) is 13.2. The summed E-state index contributed by atoms with van der Waals surface area (Å²) in [5.74, 6) is -1.59. The number of carbonyl (C=O) groups is 1. The van der Waals surface area contributed by atoms with Gasteiger partial charge in [-0.1, -0.05) is 29.4 Å². The minimum absolute atomic E-state index is 0.0191. The summed E-state index contributed by atoms with van der Waals surface area (Å²) < 4.78 is 39.7. The predicted molar refractivity (Wildman–Crippen MR) is 86.6 cm³/mol. The molecule has 2 aromatic carbocycles. The Morgan fingerprint density at radius 2 is 2.00 bits per heavy atom. The number of hydrogen-bond acceptors (Lipinski definition) is 3. The molecule has 7 nitrogen and oxygen atoms in total. The lowest BCUT2D eigenvalue weighted by molar-refractivity contribution is -0.141. The number of benzene rings is 2. The average Bonchev–Trinajstić information content (AvgIpc) is 3.01. The Labute approximate surface area is 143 Å². The number of aryl methyl sites for hydroxylation is 1. The fourth-order valence-corrected chi connectivity index (χ4v) is 2.73. The number of alkyl halides is 3. The number of azide groups is 1. The van der Waals surface area contributed by atoms with Crippen LogP contribution in [0.1, 0.15) is 21.7 Å². The zero-order valence-electron chi connectivity index (χ0n) is 13.2. The predicted octanol–water partition coefficient (Wildman–Crippen LogP) is 4.99. The quantitative estimate of drug-likeness (QED) is 0.403. The van der Waals surface area contributed by atoms with Crippen LogP contribution in [-0.4, -0.2) is 20.9 Å². The number of halogens is 3. The van der Waals surface area contributed by atoms with Crippen LogP contribution in [0.15, 0.2) is 41.5 Å². The van der Waals surface area contributed by atoms with Gasteiger partial charge in [0.2, 0.25) is 0 Å². The molecule has 0 aliphatic heterocycles. The molecular weight excluding hydrogens is 351 g/mol. The first-order valence-corrected chi connectivity index (χ1v) is 7.22. The Hall–Kier alpha value is -3.52. The summed E-state index contributed by atoms with van der Waals surface area (Å²) in [6.45, 7) is 1.59. The first kappa shape index (κ1) is 17.3. The molecular formula is C16H10F3N5O2. The number of hydrogen-bond donors (Lipinski definition) is 1. The molecule has 0 radical (unpaired) electrons. The maximum absolute atomic E-state index is 13.0. The molecule has 0 amide bonds. The smallest absolute Gasteiger partial charge is 0.435 e. The van der Waals surface area contributed by atoms with Gasteiger partial charge in [-0.05, 0) is 34.9 Å². The van der Waals surface area contributed by atoms with Gasteiger partial charge in [-0.25, -0.2) is 9.48 Å². The maximum Gasteiger partial charge on any atom is 0.435 e. The summed E-state index contributed by atoms with van der Waals surface area (Å²) >= 11 is 0. The molecule has 10 heteroatoms. The second-order valence-corrected chi connectivity index (χ2v) is 5.41. The van der Waals surface area contributed by atoms with E-state index in [0.717, 1.165) is 0 Å². The van der Waals surface area contributed by atoms with Crippen molar-refractivity contribution in [2.24, 2.45) is 5.11 Å². The van der Waals surface area contributed by atoms with Gasteiger partial charge in [-0.15, -0.1) is 0 Å². The van der Waals surface area contributed by atoms with Crippen molar-refractivity contribution in [1.29, 1.82) is 0 Å². The number of carboxylic acids is 1. The molecule has 0 saturated heterocycles. The van der Waals surface area contributed by atoms with E-state index < -0.39 is 23.5 Å². The van der Waals surface area contributed by atoms with Crippen LogP contribution in [-0.2, 0) is 6.18 Å². The third-order valence-corrected chi connectivity index (χ3v) is 3.84. The molecule has 0 atom stereocenters. The highest BCUT2D eigenvalue weighted by molar-refractivity contribution is 5.94. The number of fused-ring (bicyclic) bond motifs is 1. The van der Waals surface area contributed by atoms with Crippen molar-refractivity contribution in [2.45, 2.75) is 13.1 Å². The minimum atomic E-state index is -4.82. The van der Waals surface area contributed by atoms with Crippen molar-refractivity contribution in [3.05, 3.63) is 63.8 Å². The van der Waals surface area contributed by atoms with Gasteiger partial charge in [-0.2, -0.15) is 18.3 Å². The van der Waals surface area contributed by atoms with Crippen molar-refractivity contribution >= 4 is 22.4 Å². The van der Waals surface area contributed by atoms with Gasteiger partial charge in [0.05, 0.1) is 11.4 Å². The molecule has 0 fully saturated rings. The summed E-state index contributed by atoms with van der Waals surface area (Å²) in [5.41, 5.74) is 7.15. The fourth-order valence-electron chi connectivity index (χ4n) is 2.73. The molecule has 1 heterocycles. The monoisotopic (exact) mass is 361 g/mol. The minimum Gasteiger partial charge on any atom is -0.477 e. The van der Waals surface area contributed by atoms with Crippen molar-refractivity contribution < 1.29 is 23.1 Å². The van der Waals surface area contributed by atoms with Gasteiger partial charge in [-0.3, -0.25) is 0 Å². The fraction of sp³-hybridized carbons (Fsp3) is 0.125. The summed E-state index contributed by atoms with van der Waals surface area (Å²) in [5, 5.41) is 17.6. The van der Waals surface area contributed by atoms with Crippen molar-refractivity contribution in [3.63, 3.8) is 0 Å². The molecule has 0 aliphatic carbocycles.